The number of anilines is 1. The lowest BCUT2D eigenvalue weighted by molar-refractivity contribution is 0.0734. The van der Waals surface area contributed by atoms with E-state index < -0.39 is 0 Å². The van der Waals surface area contributed by atoms with E-state index in [-0.39, 0.29) is 5.91 Å². The first-order valence-electron chi connectivity index (χ1n) is 11.5. The molecule has 0 bridgehead atoms. The number of nitrogens with zero attached hydrogens (tertiary/aromatic N) is 4. The molecule has 0 atom stereocenters. The van der Waals surface area contributed by atoms with Crippen LogP contribution in [0.3, 0.4) is 0 Å². The fourth-order valence-electron chi connectivity index (χ4n) is 4.69. The number of hydrogen-bond acceptors (Lipinski definition) is 5. The molecule has 172 valence electrons. The molecule has 1 aliphatic heterocycles. The van der Waals surface area contributed by atoms with Gasteiger partial charge in [-0.1, -0.05) is 36.4 Å². The van der Waals surface area contributed by atoms with Crippen LogP contribution in [0, 0.1) is 0 Å². The number of carbonyl (C=O) groups excluding carboxylic acids is 1. The van der Waals surface area contributed by atoms with Gasteiger partial charge in [0.05, 0.1) is 5.52 Å². The molecule has 35 heavy (non-hydrogen) atoms. The first kappa shape index (κ1) is 20.9. The molecule has 2 N–H and O–H groups in total. The summed E-state index contributed by atoms with van der Waals surface area (Å²) in [6.45, 7) is 1.08. The van der Waals surface area contributed by atoms with Crippen molar-refractivity contribution < 1.29 is 9.53 Å². The maximum atomic E-state index is 13.1. The maximum absolute atomic E-state index is 13.1. The number of carbonyl (C=O) groups is 1. The highest BCUT2D eigenvalue weighted by Crippen LogP contribution is 2.35. The largest absolute Gasteiger partial charge is 0.457 e. The van der Waals surface area contributed by atoms with Gasteiger partial charge in [0.1, 0.15) is 23.3 Å². The molecule has 6 rings (SSSR count). The number of hydrogen-bond donors (Lipinski definition) is 1. The van der Waals surface area contributed by atoms with Gasteiger partial charge in [-0.05, 0) is 48.5 Å². The Labute approximate surface area is 202 Å². The van der Waals surface area contributed by atoms with Gasteiger partial charge in [-0.3, -0.25) is 4.79 Å². The fourth-order valence-corrected chi connectivity index (χ4v) is 4.69. The Bertz CT molecular complexity index is 1510. The number of nitrogens with two attached hydrogens (primary N) is 1. The molecule has 0 saturated carbocycles. The first-order valence-corrected chi connectivity index (χ1v) is 11.5. The Morgan fingerprint density at radius 2 is 1.54 bits per heavy atom. The number of amides is 1. The smallest absolute Gasteiger partial charge is 0.254 e. The predicted octanol–water partition coefficient (Wildman–Crippen LogP) is 4.99. The maximum Gasteiger partial charge on any atom is 0.254 e. The van der Waals surface area contributed by atoms with E-state index in [1.54, 1.807) is 0 Å². The van der Waals surface area contributed by atoms with Crippen molar-refractivity contribution in [2.45, 2.75) is 13.0 Å². The molecule has 3 heterocycles. The zero-order valence-electron chi connectivity index (χ0n) is 19.0. The molecular formula is C28H23N5O2. The van der Waals surface area contributed by atoms with Crippen LogP contribution in [0.4, 0.5) is 5.82 Å². The standard InChI is InChI=1S/C28H23N5O2/c29-27-26-25(30-18-31-27)23-17-32(28(34)19-7-3-1-4-8-19)16-15-24(23)33(26)20-11-13-22(14-12-20)35-21-9-5-2-6-10-21/h1-14,18H,15-17H2,(H2,29,30,31). The third-order valence-electron chi connectivity index (χ3n) is 6.33. The molecule has 0 spiro atoms. The molecule has 0 saturated heterocycles. The van der Waals surface area contributed by atoms with Crippen LogP contribution in [0.5, 0.6) is 11.5 Å². The minimum absolute atomic E-state index is 0.0154. The minimum Gasteiger partial charge on any atom is -0.457 e. The van der Waals surface area contributed by atoms with Crippen molar-refractivity contribution in [1.29, 1.82) is 0 Å². The van der Waals surface area contributed by atoms with Crippen molar-refractivity contribution in [2.75, 3.05) is 12.3 Å². The Morgan fingerprint density at radius 3 is 2.29 bits per heavy atom. The van der Waals surface area contributed by atoms with Gasteiger partial charge in [0.2, 0.25) is 0 Å². The predicted molar refractivity (Wildman–Crippen MR) is 135 cm³/mol. The number of nitrogen functional groups attached to an aromatic ring is 1. The van der Waals surface area contributed by atoms with Gasteiger partial charge in [-0.15, -0.1) is 0 Å². The molecule has 2 aromatic heterocycles. The highest BCUT2D eigenvalue weighted by Gasteiger charge is 2.29. The normalized spacial score (nSPS) is 13.0. The summed E-state index contributed by atoms with van der Waals surface area (Å²) in [6, 6.07) is 26.9. The van der Waals surface area contributed by atoms with Crippen LogP contribution in [0.25, 0.3) is 16.7 Å². The highest BCUT2D eigenvalue weighted by molar-refractivity contribution is 5.96. The lowest BCUT2D eigenvalue weighted by Crippen LogP contribution is -2.36. The molecule has 7 nitrogen and oxygen atoms in total. The molecule has 0 radical (unpaired) electrons. The number of aromatic nitrogens is 3. The Hall–Kier alpha value is -4.65. The number of fused-ring (bicyclic) bond motifs is 3. The summed E-state index contributed by atoms with van der Waals surface area (Å²) < 4.78 is 8.08. The Balaban J connectivity index is 1.38. The second-order valence-corrected chi connectivity index (χ2v) is 8.47. The van der Waals surface area contributed by atoms with Crippen molar-refractivity contribution in [1.82, 2.24) is 19.4 Å². The van der Waals surface area contributed by atoms with Crippen LogP contribution in [-0.2, 0) is 13.0 Å². The number of para-hydroxylation sites is 1. The summed E-state index contributed by atoms with van der Waals surface area (Å²) in [4.78, 5) is 23.8. The summed E-state index contributed by atoms with van der Waals surface area (Å²) in [6.07, 6.45) is 2.17. The summed E-state index contributed by atoms with van der Waals surface area (Å²) in [5.41, 5.74) is 11.6. The average molecular weight is 462 g/mol. The van der Waals surface area contributed by atoms with Crippen LogP contribution in [0.15, 0.2) is 91.3 Å². The molecule has 1 amide bonds. The van der Waals surface area contributed by atoms with Crippen LogP contribution < -0.4 is 10.5 Å². The van der Waals surface area contributed by atoms with Crippen LogP contribution in [0.1, 0.15) is 21.6 Å². The molecule has 1 aliphatic rings. The van der Waals surface area contributed by atoms with E-state index in [0.717, 1.165) is 39.5 Å². The van der Waals surface area contributed by atoms with Gasteiger partial charge in [-0.2, -0.15) is 0 Å². The van der Waals surface area contributed by atoms with E-state index in [9.17, 15) is 4.79 Å². The lowest BCUT2D eigenvalue weighted by atomic mass is 10.1. The Morgan fingerprint density at radius 1 is 0.857 bits per heavy atom. The fraction of sp³-hybridized carbons (Fsp3) is 0.107. The van der Waals surface area contributed by atoms with Gasteiger partial charge in [0.15, 0.2) is 5.82 Å². The monoisotopic (exact) mass is 461 g/mol. The average Bonchev–Trinajstić information content (AvgIpc) is 3.25. The van der Waals surface area contributed by atoms with E-state index in [0.29, 0.717) is 30.9 Å². The SMILES string of the molecule is Nc1ncnc2c3c(n(-c4ccc(Oc5ccccc5)cc4)c12)CCN(C(=O)c1ccccc1)C3. The highest BCUT2D eigenvalue weighted by atomic mass is 16.5. The van der Waals surface area contributed by atoms with Gasteiger partial charge < -0.3 is 19.9 Å². The minimum atomic E-state index is 0.0154. The van der Waals surface area contributed by atoms with Gasteiger partial charge in [0, 0.05) is 42.0 Å². The quantitative estimate of drug-likeness (QED) is 0.407. The lowest BCUT2D eigenvalue weighted by Gasteiger charge is -2.28. The molecule has 0 fully saturated rings. The van der Waals surface area contributed by atoms with Crippen LogP contribution in [0.2, 0.25) is 0 Å². The molecule has 3 aromatic carbocycles. The van der Waals surface area contributed by atoms with Crippen LogP contribution in [-0.4, -0.2) is 31.9 Å². The van der Waals surface area contributed by atoms with Crippen molar-refractivity contribution in [2.24, 2.45) is 0 Å². The molecule has 7 heteroatoms. The van der Waals surface area contributed by atoms with Gasteiger partial charge in [-0.25, -0.2) is 9.97 Å². The summed E-state index contributed by atoms with van der Waals surface area (Å²) in [5, 5.41) is 0. The van der Waals surface area contributed by atoms with E-state index in [1.807, 2.05) is 89.8 Å². The zero-order valence-corrected chi connectivity index (χ0v) is 19.0. The van der Waals surface area contributed by atoms with Crippen molar-refractivity contribution in [3.63, 3.8) is 0 Å². The van der Waals surface area contributed by atoms with Crippen molar-refractivity contribution in [3.8, 4) is 17.2 Å². The third kappa shape index (κ3) is 3.77. The summed E-state index contributed by atoms with van der Waals surface area (Å²) in [7, 11) is 0. The van der Waals surface area contributed by atoms with Gasteiger partial charge >= 0.3 is 0 Å². The topological polar surface area (TPSA) is 86.3 Å². The number of benzene rings is 3. The summed E-state index contributed by atoms with van der Waals surface area (Å²) >= 11 is 0. The van der Waals surface area contributed by atoms with Crippen molar-refractivity contribution in [3.05, 3.63) is 108 Å². The zero-order chi connectivity index (χ0) is 23.8. The molecule has 0 aliphatic carbocycles. The molecule has 5 aromatic rings. The Kier molecular flexibility index (Phi) is 5.15. The first-order chi connectivity index (χ1) is 17.2. The van der Waals surface area contributed by atoms with E-state index in [1.165, 1.54) is 6.33 Å². The molecule has 0 unspecified atom stereocenters. The van der Waals surface area contributed by atoms with E-state index in [4.69, 9.17) is 10.5 Å². The van der Waals surface area contributed by atoms with Gasteiger partial charge in [0.25, 0.3) is 5.91 Å². The van der Waals surface area contributed by atoms with E-state index >= 15 is 0 Å². The van der Waals surface area contributed by atoms with Crippen LogP contribution >= 0.6 is 0 Å². The molecular weight excluding hydrogens is 438 g/mol. The van der Waals surface area contributed by atoms with E-state index in [2.05, 4.69) is 14.5 Å². The third-order valence-corrected chi connectivity index (χ3v) is 6.33. The second-order valence-electron chi connectivity index (χ2n) is 8.47. The van der Waals surface area contributed by atoms with Crippen molar-refractivity contribution >= 4 is 22.8 Å². The second kappa shape index (κ2) is 8.61. The number of ether oxygens (including phenoxy) is 1. The summed E-state index contributed by atoms with van der Waals surface area (Å²) in [5.74, 6) is 1.95. The number of rotatable bonds is 4.